The van der Waals surface area contributed by atoms with Gasteiger partial charge in [0.2, 0.25) is 10.0 Å². The summed E-state index contributed by atoms with van der Waals surface area (Å²) >= 11 is 1.46. The van der Waals surface area contributed by atoms with Crippen molar-refractivity contribution in [3.63, 3.8) is 0 Å². The van der Waals surface area contributed by atoms with Gasteiger partial charge >= 0.3 is 0 Å². The summed E-state index contributed by atoms with van der Waals surface area (Å²) in [5.41, 5.74) is 1.04. The van der Waals surface area contributed by atoms with Gasteiger partial charge in [0.15, 0.2) is 0 Å². The normalized spacial score (nSPS) is 12.0. The number of rotatable bonds is 7. The van der Waals surface area contributed by atoms with Crippen molar-refractivity contribution < 1.29 is 8.42 Å². The van der Waals surface area contributed by atoms with Crippen LogP contribution >= 0.6 is 11.5 Å². The highest BCUT2D eigenvalue weighted by Crippen LogP contribution is 2.10. The molecular formula is C14H19N3O2S2. The molecule has 1 N–H and O–H groups in total. The third kappa shape index (κ3) is 4.89. The highest BCUT2D eigenvalue weighted by molar-refractivity contribution is 7.89. The molecule has 0 radical (unpaired) electrons. The van der Waals surface area contributed by atoms with E-state index in [0.29, 0.717) is 18.0 Å². The maximum atomic E-state index is 12.1. The molecule has 0 atom stereocenters. The fraction of sp³-hybridized carbons (Fsp3) is 0.357. The van der Waals surface area contributed by atoms with E-state index in [1.807, 2.05) is 20.0 Å². The van der Waals surface area contributed by atoms with Crippen LogP contribution in [0.1, 0.15) is 10.4 Å². The summed E-state index contributed by atoms with van der Waals surface area (Å²) in [6.45, 7) is 3.73. The van der Waals surface area contributed by atoms with Gasteiger partial charge < -0.3 is 0 Å². The highest BCUT2D eigenvalue weighted by atomic mass is 32.2. The average molecular weight is 325 g/mol. The Balaban J connectivity index is 1.83. The molecule has 7 heteroatoms. The summed E-state index contributed by atoms with van der Waals surface area (Å²) in [6.07, 6.45) is 1.77. The molecule has 1 aromatic heterocycles. The lowest BCUT2D eigenvalue weighted by Crippen LogP contribution is -2.32. The fourth-order valence-corrected chi connectivity index (χ4v) is 3.52. The first kappa shape index (κ1) is 16.1. The number of benzene rings is 1. The van der Waals surface area contributed by atoms with Crippen LogP contribution in [0.5, 0.6) is 0 Å². The molecular weight excluding hydrogens is 306 g/mol. The van der Waals surface area contributed by atoms with E-state index >= 15 is 0 Å². The predicted octanol–water partition coefficient (Wildman–Crippen LogP) is 1.86. The Hall–Kier alpha value is -1.28. The zero-order valence-electron chi connectivity index (χ0n) is 12.1. The van der Waals surface area contributed by atoms with E-state index in [2.05, 4.69) is 14.0 Å². The molecule has 21 heavy (non-hydrogen) atoms. The predicted molar refractivity (Wildman–Crippen MR) is 84.8 cm³/mol. The van der Waals surface area contributed by atoms with Crippen molar-refractivity contribution in [3.8, 4) is 0 Å². The molecule has 0 spiro atoms. The zero-order chi connectivity index (χ0) is 15.3. The van der Waals surface area contributed by atoms with Crippen LogP contribution in [0.4, 0.5) is 0 Å². The van der Waals surface area contributed by atoms with Gasteiger partial charge in [-0.25, -0.2) is 17.5 Å². The van der Waals surface area contributed by atoms with Crippen LogP contribution in [0.15, 0.2) is 41.4 Å². The number of nitrogens with zero attached hydrogens (tertiary/aromatic N) is 2. The highest BCUT2D eigenvalue weighted by Gasteiger charge is 2.13. The van der Waals surface area contributed by atoms with Gasteiger partial charge in [-0.3, -0.25) is 4.90 Å². The second-order valence-corrected chi connectivity index (χ2v) is 7.61. The number of aryl methyl sites for hydroxylation is 1. The van der Waals surface area contributed by atoms with Gasteiger partial charge in [0, 0.05) is 30.7 Å². The Morgan fingerprint density at radius 1 is 1.24 bits per heavy atom. The van der Waals surface area contributed by atoms with Gasteiger partial charge in [0.25, 0.3) is 0 Å². The minimum atomic E-state index is -3.42. The van der Waals surface area contributed by atoms with Crippen molar-refractivity contribution in [2.24, 2.45) is 0 Å². The van der Waals surface area contributed by atoms with Crippen molar-refractivity contribution >= 4 is 21.6 Å². The lowest BCUT2D eigenvalue weighted by atomic mass is 10.2. The molecule has 0 bridgehead atoms. The first-order valence-electron chi connectivity index (χ1n) is 6.62. The van der Waals surface area contributed by atoms with Gasteiger partial charge in [-0.1, -0.05) is 17.7 Å². The Morgan fingerprint density at radius 3 is 2.57 bits per heavy atom. The Morgan fingerprint density at radius 2 is 1.95 bits per heavy atom. The molecule has 0 unspecified atom stereocenters. The SMILES string of the molecule is Cc1ccc(S(=O)(=O)NCCN(C)Cc2ccns2)cc1. The Kier molecular flexibility index (Phi) is 5.46. The van der Waals surface area contributed by atoms with Crippen molar-refractivity contribution in [1.29, 1.82) is 0 Å². The van der Waals surface area contributed by atoms with Crippen LogP contribution in [-0.2, 0) is 16.6 Å². The molecule has 1 heterocycles. The largest absolute Gasteiger partial charge is 0.300 e. The summed E-state index contributed by atoms with van der Waals surface area (Å²) in [7, 11) is -1.46. The third-order valence-electron chi connectivity index (χ3n) is 3.03. The minimum absolute atomic E-state index is 0.304. The summed E-state index contributed by atoms with van der Waals surface area (Å²) < 4.78 is 30.9. The smallest absolute Gasteiger partial charge is 0.240 e. The van der Waals surface area contributed by atoms with E-state index in [1.54, 1.807) is 30.5 Å². The number of hydrogen-bond donors (Lipinski definition) is 1. The molecule has 0 saturated heterocycles. The molecule has 5 nitrogen and oxygen atoms in total. The molecule has 0 saturated carbocycles. The van der Waals surface area contributed by atoms with Crippen LogP contribution in [0, 0.1) is 6.92 Å². The number of aromatic nitrogens is 1. The van der Waals surface area contributed by atoms with Gasteiger partial charge in [0.1, 0.15) is 0 Å². The lowest BCUT2D eigenvalue weighted by Gasteiger charge is -2.15. The molecule has 0 aliphatic rings. The molecule has 2 aromatic rings. The maximum absolute atomic E-state index is 12.1. The van der Waals surface area contributed by atoms with Crippen LogP contribution in [-0.4, -0.2) is 37.8 Å². The lowest BCUT2D eigenvalue weighted by molar-refractivity contribution is 0.335. The quantitative estimate of drug-likeness (QED) is 0.844. The Bertz CT molecular complexity index is 652. The number of sulfonamides is 1. The van der Waals surface area contributed by atoms with Gasteiger partial charge in [-0.2, -0.15) is 0 Å². The molecule has 1 aromatic carbocycles. The first-order chi connectivity index (χ1) is 9.97. The second kappa shape index (κ2) is 7.13. The zero-order valence-corrected chi connectivity index (χ0v) is 13.7. The monoisotopic (exact) mass is 325 g/mol. The van der Waals surface area contributed by atoms with E-state index in [0.717, 1.165) is 12.1 Å². The number of nitrogens with one attached hydrogen (secondary N) is 1. The summed E-state index contributed by atoms with van der Waals surface area (Å²) in [4.78, 5) is 3.53. The number of likely N-dealkylation sites (N-methyl/N-ethyl adjacent to an activating group) is 1. The second-order valence-electron chi connectivity index (χ2n) is 4.93. The minimum Gasteiger partial charge on any atom is -0.300 e. The average Bonchev–Trinajstić information content (AvgIpc) is 2.91. The Labute approximate surface area is 129 Å². The van der Waals surface area contributed by atoms with Crippen molar-refractivity contribution in [2.75, 3.05) is 20.1 Å². The van der Waals surface area contributed by atoms with E-state index < -0.39 is 10.0 Å². The fourth-order valence-electron chi connectivity index (χ4n) is 1.84. The number of hydrogen-bond acceptors (Lipinski definition) is 5. The van der Waals surface area contributed by atoms with Crippen LogP contribution in [0.3, 0.4) is 0 Å². The third-order valence-corrected chi connectivity index (χ3v) is 5.24. The van der Waals surface area contributed by atoms with E-state index in [9.17, 15) is 8.42 Å². The van der Waals surface area contributed by atoms with E-state index in [1.165, 1.54) is 16.4 Å². The summed E-state index contributed by atoms with van der Waals surface area (Å²) in [5, 5.41) is 0. The van der Waals surface area contributed by atoms with Crippen LogP contribution < -0.4 is 4.72 Å². The van der Waals surface area contributed by atoms with Crippen molar-refractivity contribution in [1.82, 2.24) is 14.0 Å². The molecule has 114 valence electrons. The standard InChI is InChI=1S/C14H19N3O2S2/c1-12-3-5-14(6-4-12)21(18,19)16-9-10-17(2)11-13-7-8-15-20-13/h3-8,16H,9-11H2,1-2H3. The molecule has 0 aliphatic heterocycles. The molecule has 0 fully saturated rings. The van der Waals surface area contributed by atoms with E-state index in [-0.39, 0.29) is 0 Å². The van der Waals surface area contributed by atoms with Gasteiger partial charge in [0.05, 0.1) is 4.90 Å². The molecule has 2 rings (SSSR count). The van der Waals surface area contributed by atoms with Crippen molar-refractivity contribution in [2.45, 2.75) is 18.4 Å². The summed E-state index contributed by atoms with van der Waals surface area (Å²) in [6, 6.07) is 8.81. The molecule has 0 amide bonds. The topological polar surface area (TPSA) is 62.3 Å². The van der Waals surface area contributed by atoms with Crippen molar-refractivity contribution in [3.05, 3.63) is 47.0 Å². The van der Waals surface area contributed by atoms with Gasteiger partial charge in [-0.05, 0) is 43.7 Å². The van der Waals surface area contributed by atoms with Crippen LogP contribution in [0.2, 0.25) is 0 Å². The van der Waals surface area contributed by atoms with Gasteiger partial charge in [-0.15, -0.1) is 0 Å². The van der Waals surface area contributed by atoms with Crippen LogP contribution in [0.25, 0.3) is 0 Å². The first-order valence-corrected chi connectivity index (χ1v) is 8.87. The van der Waals surface area contributed by atoms with E-state index in [4.69, 9.17) is 0 Å². The maximum Gasteiger partial charge on any atom is 0.240 e. The summed E-state index contributed by atoms with van der Waals surface area (Å²) in [5.74, 6) is 0. The molecule has 0 aliphatic carbocycles.